The third-order valence-electron chi connectivity index (χ3n) is 5.10. The van der Waals surface area contributed by atoms with Crippen molar-refractivity contribution in [3.63, 3.8) is 0 Å². The van der Waals surface area contributed by atoms with Crippen LogP contribution >= 0.6 is 0 Å². The van der Waals surface area contributed by atoms with E-state index in [1.807, 2.05) is 24.3 Å². The van der Waals surface area contributed by atoms with Gasteiger partial charge in [0.05, 0.1) is 0 Å². The number of oxazole rings is 1. The Balaban J connectivity index is 1.30. The summed E-state index contributed by atoms with van der Waals surface area (Å²) in [5.74, 6) is 0.299. The van der Waals surface area contributed by atoms with Gasteiger partial charge in [0.25, 0.3) is 6.01 Å². The number of hydrogen-bond acceptors (Lipinski definition) is 5. The SMILES string of the molecule is O=C(NCC1CCCN1)C1CCN(c2nc3ccccc3o2)CC1. The third-order valence-corrected chi connectivity index (χ3v) is 5.10. The van der Waals surface area contributed by atoms with Crippen LogP contribution in [0.15, 0.2) is 28.7 Å². The van der Waals surface area contributed by atoms with Gasteiger partial charge in [0.2, 0.25) is 5.91 Å². The average molecular weight is 328 g/mol. The highest BCUT2D eigenvalue weighted by Gasteiger charge is 2.27. The number of carbonyl (C=O) groups is 1. The molecule has 4 rings (SSSR count). The Morgan fingerprint density at radius 1 is 1.29 bits per heavy atom. The predicted octanol–water partition coefficient (Wildman–Crippen LogP) is 1.91. The smallest absolute Gasteiger partial charge is 0.298 e. The lowest BCUT2D eigenvalue weighted by atomic mass is 9.96. The van der Waals surface area contributed by atoms with Gasteiger partial charge in [-0.05, 0) is 44.4 Å². The van der Waals surface area contributed by atoms with E-state index in [9.17, 15) is 4.79 Å². The maximum Gasteiger partial charge on any atom is 0.298 e. The van der Waals surface area contributed by atoms with Gasteiger partial charge in [0.1, 0.15) is 5.52 Å². The number of aromatic nitrogens is 1. The van der Waals surface area contributed by atoms with Crippen LogP contribution < -0.4 is 15.5 Å². The second-order valence-corrected chi connectivity index (χ2v) is 6.76. The molecule has 0 aliphatic carbocycles. The highest BCUT2D eigenvalue weighted by atomic mass is 16.4. The Morgan fingerprint density at radius 2 is 2.12 bits per heavy atom. The number of fused-ring (bicyclic) bond motifs is 1. The van der Waals surface area contributed by atoms with Crippen molar-refractivity contribution in [1.29, 1.82) is 0 Å². The first-order chi connectivity index (χ1) is 11.8. The molecule has 24 heavy (non-hydrogen) atoms. The molecule has 1 aromatic carbocycles. The number of nitrogens with one attached hydrogen (secondary N) is 2. The predicted molar refractivity (Wildman–Crippen MR) is 93.0 cm³/mol. The monoisotopic (exact) mass is 328 g/mol. The summed E-state index contributed by atoms with van der Waals surface area (Å²) in [6.45, 7) is 3.45. The Kier molecular flexibility index (Phi) is 4.38. The van der Waals surface area contributed by atoms with Crippen molar-refractivity contribution in [2.75, 3.05) is 31.1 Å². The number of para-hydroxylation sites is 2. The minimum Gasteiger partial charge on any atom is -0.423 e. The number of nitrogens with zero attached hydrogens (tertiary/aromatic N) is 2. The van der Waals surface area contributed by atoms with Gasteiger partial charge in [-0.25, -0.2) is 0 Å². The first-order valence-corrected chi connectivity index (χ1v) is 8.91. The molecule has 0 radical (unpaired) electrons. The summed E-state index contributed by atoms with van der Waals surface area (Å²) in [4.78, 5) is 19.0. The molecule has 2 saturated heterocycles. The van der Waals surface area contributed by atoms with Gasteiger partial charge in [-0.3, -0.25) is 4.79 Å². The number of rotatable bonds is 4. The van der Waals surface area contributed by atoms with E-state index in [1.165, 1.54) is 6.42 Å². The molecule has 1 atom stereocenters. The van der Waals surface area contributed by atoms with Crippen molar-refractivity contribution in [3.8, 4) is 0 Å². The van der Waals surface area contributed by atoms with Crippen LogP contribution in [0.1, 0.15) is 25.7 Å². The van der Waals surface area contributed by atoms with Crippen LogP contribution in [-0.4, -0.2) is 43.1 Å². The second-order valence-electron chi connectivity index (χ2n) is 6.76. The number of piperidine rings is 1. The van der Waals surface area contributed by atoms with E-state index in [0.717, 1.165) is 56.5 Å². The van der Waals surface area contributed by atoms with Crippen molar-refractivity contribution in [1.82, 2.24) is 15.6 Å². The molecule has 0 saturated carbocycles. The summed E-state index contributed by atoms with van der Waals surface area (Å²) in [6.07, 6.45) is 4.07. The lowest BCUT2D eigenvalue weighted by Gasteiger charge is -2.30. The van der Waals surface area contributed by atoms with Gasteiger partial charge in [0.15, 0.2) is 5.58 Å². The first kappa shape index (κ1) is 15.4. The van der Waals surface area contributed by atoms with E-state index in [-0.39, 0.29) is 11.8 Å². The maximum absolute atomic E-state index is 12.3. The van der Waals surface area contributed by atoms with E-state index in [1.54, 1.807) is 0 Å². The fourth-order valence-electron chi connectivity index (χ4n) is 3.63. The number of carbonyl (C=O) groups excluding carboxylic acids is 1. The van der Waals surface area contributed by atoms with Gasteiger partial charge in [-0.15, -0.1) is 0 Å². The summed E-state index contributed by atoms with van der Waals surface area (Å²) in [5.41, 5.74) is 1.70. The zero-order valence-electron chi connectivity index (χ0n) is 13.8. The summed E-state index contributed by atoms with van der Waals surface area (Å²) < 4.78 is 5.82. The van der Waals surface area contributed by atoms with Crippen molar-refractivity contribution in [2.24, 2.45) is 5.92 Å². The van der Waals surface area contributed by atoms with Gasteiger partial charge in [-0.2, -0.15) is 4.98 Å². The van der Waals surface area contributed by atoms with Crippen LogP contribution in [0.4, 0.5) is 6.01 Å². The van der Waals surface area contributed by atoms with Crippen molar-refractivity contribution < 1.29 is 9.21 Å². The largest absolute Gasteiger partial charge is 0.423 e. The molecule has 1 amide bonds. The van der Waals surface area contributed by atoms with Crippen LogP contribution in [0, 0.1) is 5.92 Å². The molecule has 2 aliphatic rings. The summed E-state index contributed by atoms with van der Waals surface area (Å²) >= 11 is 0. The number of benzene rings is 1. The highest BCUT2D eigenvalue weighted by molar-refractivity contribution is 5.79. The van der Waals surface area contributed by atoms with Gasteiger partial charge < -0.3 is 20.0 Å². The third kappa shape index (κ3) is 3.24. The molecular weight excluding hydrogens is 304 g/mol. The van der Waals surface area contributed by atoms with E-state index in [2.05, 4.69) is 20.5 Å². The highest BCUT2D eigenvalue weighted by Crippen LogP contribution is 2.26. The molecule has 3 heterocycles. The maximum atomic E-state index is 12.3. The van der Waals surface area contributed by atoms with Crippen LogP contribution in [0.3, 0.4) is 0 Å². The lowest BCUT2D eigenvalue weighted by molar-refractivity contribution is -0.125. The van der Waals surface area contributed by atoms with Crippen LogP contribution in [0.25, 0.3) is 11.1 Å². The topological polar surface area (TPSA) is 70.4 Å². The number of anilines is 1. The molecule has 1 aromatic heterocycles. The molecular formula is C18H24N4O2. The quantitative estimate of drug-likeness (QED) is 0.897. The van der Waals surface area contributed by atoms with Crippen LogP contribution in [0.2, 0.25) is 0 Å². The standard InChI is InChI=1S/C18H24N4O2/c23-17(20-12-14-4-3-9-19-14)13-7-10-22(11-8-13)18-21-15-5-1-2-6-16(15)24-18/h1-2,5-6,13-14,19H,3-4,7-12H2,(H,20,23). The fourth-order valence-corrected chi connectivity index (χ4v) is 3.63. The molecule has 6 heteroatoms. The lowest BCUT2D eigenvalue weighted by Crippen LogP contribution is -2.44. The van der Waals surface area contributed by atoms with Gasteiger partial charge in [-0.1, -0.05) is 12.1 Å². The number of amides is 1. The molecule has 6 nitrogen and oxygen atoms in total. The Bertz CT molecular complexity index is 667. The minimum absolute atomic E-state index is 0.104. The Morgan fingerprint density at radius 3 is 2.88 bits per heavy atom. The zero-order valence-corrected chi connectivity index (χ0v) is 13.8. The minimum atomic E-state index is 0.104. The van der Waals surface area contributed by atoms with E-state index >= 15 is 0 Å². The molecule has 2 aliphatic heterocycles. The fraction of sp³-hybridized carbons (Fsp3) is 0.556. The van der Waals surface area contributed by atoms with Crippen molar-refractivity contribution >= 4 is 23.0 Å². The second kappa shape index (κ2) is 6.81. The van der Waals surface area contributed by atoms with E-state index in [0.29, 0.717) is 12.1 Å². The molecule has 0 spiro atoms. The molecule has 2 aromatic rings. The number of hydrogen-bond donors (Lipinski definition) is 2. The Hall–Kier alpha value is -2.08. The average Bonchev–Trinajstić information content (AvgIpc) is 3.29. The molecule has 2 fully saturated rings. The van der Waals surface area contributed by atoms with Crippen LogP contribution in [-0.2, 0) is 4.79 Å². The molecule has 0 bridgehead atoms. The molecule has 128 valence electrons. The Labute approximate surface area is 141 Å². The zero-order chi connectivity index (χ0) is 16.4. The van der Waals surface area contributed by atoms with Crippen molar-refractivity contribution in [2.45, 2.75) is 31.7 Å². The van der Waals surface area contributed by atoms with Gasteiger partial charge in [0, 0.05) is 31.6 Å². The van der Waals surface area contributed by atoms with E-state index in [4.69, 9.17) is 4.42 Å². The summed E-state index contributed by atoms with van der Waals surface area (Å²) in [5, 5.41) is 6.52. The van der Waals surface area contributed by atoms with Gasteiger partial charge >= 0.3 is 0 Å². The molecule has 2 N–H and O–H groups in total. The van der Waals surface area contributed by atoms with Crippen LogP contribution in [0.5, 0.6) is 0 Å². The normalized spacial score (nSPS) is 22.2. The first-order valence-electron chi connectivity index (χ1n) is 8.91. The molecule has 1 unspecified atom stereocenters. The summed E-state index contributed by atoms with van der Waals surface area (Å²) in [7, 11) is 0. The van der Waals surface area contributed by atoms with E-state index < -0.39 is 0 Å². The summed E-state index contributed by atoms with van der Waals surface area (Å²) in [6, 6.07) is 8.93. The van der Waals surface area contributed by atoms with Crippen molar-refractivity contribution in [3.05, 3.63) is 24.3 Å².